The van der Waals surface area contributed by atoms with Gasteiger partial charge in [0.05, 0.1) is 11.3 Å². The first-order valence-corrected chi connectivity index (χ1v) is 6.61. The number of para-hydroxylation sites is 1. The molecular formula is C10H13N3O2S. The lowest BCUT2D eigenvalue weighted by molar-refractivity contribution is 0.602. The smallest absolute Gasteiger partial charge is 0.233 e. The van der Waals surface area contributed by atoms with E-state index in [1.807, 2.05) is 24.3 Å². The van der Waals surface area contributed by atoms with Gasteiger partial charge in [0.1, 0.15) is 0 Å². The minimum atomic E-state index is -3.28. The zero-order chi connectivity index (χ0) is 11.8. The summed E-state index contributed by atoms with van der Waals surface area (Å²) < 4.78 is 27.1. The molecule has 0 fully saturated rings. The van der Waals surface area contributed by atoms with Crippen molar-refractivity contribution in [2.45, 2.75) is 6.92 Å². The van der Waals surface area contributed by atoms with Crippen LogP contribution in [0.3, 0.4) is 0 Å². The van der Waals surface area contributed by atoms with Crippen LogP contribution in [-0.4, -0.2) is 24.0 Å². The zero-order valence-corrected chi connectivity index (χ0v) is 9.95. The summed E-state index contributed by atoms with van der Waals surface area (Å²) in [6.45, 7) is 1.59. The van der Waals surface area contributed by atoms with E-state index in [4.69, 9.17) is 0 Å². The SMILES string of the molecule is CCS(=O)(=O)Nc1nn(C)c2ccccc12. The van der Waals surface area contributed by atoms with E-state index in [-0.39, 0.29) is 5.75 Å². The largest absolute Gasteiger partial charge is 0.266 e. The summed E-state index contributed by atoms with van der Waals surface area (Å²) in [6.07, 6.45) is 0. The molecule has 86 valence electrons. The molecule has 1 heterocycles. The van der Waals surface area contributed by atoms with Crippen LogP contribution >= 0.6 is 0 Å². The first-order chi connectivity index (χ1) is 7.53. The average molecular weight is 239 g/mol. The van der Waals surface area contributed by atoms with Crippen molar-refractivity contribution >= 4 is 26.7 Å². The number of anilines is 1. The van der Waals surface area contributed by atoms with Gasteiger partial charge in [0.15, 0.2) is 5.82 Å². The molecule has 0 saturated heterocycles. The summed E-state index contributed by atoms with van der Waals surface area (Å²) in [5.41, 5.74) is 0.899. The Morgan fingerprint density at radius 2 is 2.06 bits per heavy atom. The minimum absolute atomic E-state index is 0.0396. The van der Waals surface area contributed by atoms with Gasteiger partial charge in [-0.25, -0.2) is 8.42 Å². The molecule has 1 N–H and O–H groups in total. The number of aryl methyl sites for hydroxylation is 1. The Bertz CT molecular complexity index is 616. The second-order valence-corrected chi connectivity index (χ2v) is 5.51. The Hall–Kier alpha value is -1.56. The number of sulfonamides is 1. The molecule has 2 aromatic rings. The number of hydrogen-bond donors (Lipinski definition) is 1. The van der Waals surface area contributed by atoms with Crippen molar-refractivity contribution in [1.29, 1.82) is 0 Å². The molecule has 0 amide bonds. The van der Waals surface area contributed by atoms with E-state index < -0.39 is 10.0 Å². The summed E-state index contributed by atoms with van der Waals surface area (Å²) in [5.74, 6) is 0.428. The summed E-state index contributed by atoms with van der Waals surface area (Å²) in [6, 6.07) is 7.48. The maximum Gasteiger partial charge on any atom is 0.233 e. The van der Waals surface area contributed by atoms with Crippen molar-refractivity contribution in [3.63, 3.8) is 0 Å². The van der Waals surface area contributed by atoms with Gasteiger partial charge in [-0.05, 0) is 19.1 Å². The van der Waals surface area contributed by atoms with Crippen molar-refractivity contribution in [3.05, 3.63) is 24.3 Å². The van der Waals surface area contributed by atoms with Crippen LogP contribution in [0.4, 0.5) is 5.82 Å². The third-order valence-electron chi connectivity index (χ3n) is 2.39. The highest BCUT2D eigenvalue weighted by Gasteiger charge is 2.13. The molecule has 0 aliphatic rings. The highest BCUT2D eigenvalue weighted by atomic mass is 32.2. The second-order valence-electron chi connectivity index (χ2n) is 3.49. The van der Waals surface area contributed by atoms with E-state index in [0.717, 1.165) is 10.9 Å². The van der Waals surface area contributed by atoms with Gasteiger partial charge in [0, 0.05) is 12.4 Å². The maximum atomic E-state index is 11.5. The Balaban J connectivity index is 2.54. The van der Waals surface area contributed by atoms with Crippen LogP contribution in [0.25, 0.3) is 10.9 Å². The van der Waals surface area contributed by atoms with Gasteiger partial charge >= 0.3 is 0 Å². The quantitative estimate of drug-likeness (QED) is 0.879. The molecule has 6 heteroatoms. The average Bonchev–Trinajstić information content (AvgIpc) is 2.56. The maximum absolute atomic E-state index is 11.5. The van der Waals surface area contributed by atoms with Crippen LogP contribution in [0.5, 0.6) is 0 Å². The van der Waals surface area contributed by atoms with Crippen molar-refractivity contribution in [2.75, 3.05) is 10.5 Å². The fraction of sp³-hybridized carbons (Fsp3) is 0.300. The number of rotatable bonds is 3. The molecule has 1 aromatic heterocycles. The molecule has 0 atom stereocenters. The van der Waals surface area contributed by atoms with Gasteiger partial charge in [-0.1, -0.05) is 12.1 Å². The molecule has 5 nitrogen and oxygen atoms in total. The van der Waals surface area contributed by atoms with Crippen molar-refractivity contribution < 1.29 is 8.42 Å². The standard InChI is InChI=1S/C10H13N3O2S/c1-3-16(14,15)12-10-8-6-4-5-7-9(8)13(2)11-10/h4-7H,3H2,1-2H3,(H,11,12). The molecule has 16 heavy (non-hydrogen) atoms. The minimum Gasteiger partial charge on any atom is -0.266 e. The van der Waals surface area contributed by atoms with E-state index in [1.54, 1.807) is 18.7 Å². The number of hydrogen-bond acceptors (Lipinski definition) is 3. The van der Waals surface area contributed by atoms with Crippen LogP contribution in [-0.2, 0) is 17.1 Å². The number of benzene rings is 1. The number of nitrogens with zero attached hydrogens (tertiary/aromatic N) is 2. The molecule has 1 aromatic carbocycles. The van der Waals surface area contributed by atoms with Crippen LogP contribution in [0.2, 0.25) is 0 Å². The van der Waals surface area contributed by atoms with E-state index in [9.17, 15) is 8.42 Å². The third-order valence-corrected chi connectivity index (χ3v) is 3.65. The highest BCUT2D eigenvalue weighted by Crippen LogP contribution is 2.22. The summed E-state index contributed by atoms with van der Waals surface area (Å²) >= 11 is 0. The van der Waals surface area contributed by atoms with Gasteiger partial charge in [-0.15, -0.1) is 0 Å². The van der Waals surface area contributed by atoms with Gasteiger partial charge in [-0.2, -0.15) is 5.10 Å². The van der Waals surface area contributed by atoms with E-state index in [2.05, 4.69) is 9.82 Å². The first kappa shape index (κ1) is 10.9. The van der Waals surface area contributed by atoms with Crippen molar-refractivity contribution in [2.24, 2.45) is 7.05 Å². The van der Waals surface area contributed by atoms with Crippen LogP contribution in [0, 0.1) is 0 Å². The van der Waals surface area contributed by atoms with Crippen LogP contribution in [0.15, 0.2) is 24.3 Å². The molecule has 0 radical (unpaired) electrons. The number of fused-ring (bicyclic) bond motifs is 1. The summed E-state index contributed by atoms with van der Waals surface area (Å²) in [5, 5.41) is 4.96. The lowest BCUT2D eigenvalue weighted by Gasteiger charge is -2.01. The van der Waals surface area contributed by atoms with E-state index in [0.29, 0.717) is 5.82 Å². The predicted molar refractivity (Wildman–Crippen MR) is 63.8 cm³/mol. The lowest BCUT2D eigenvalue weighted by atomic mass is 10.2. The Kier molecular flexibility index (Phi) is 2.59. The molecule has 0 spiro atoms. The normalized spacial score (nSPS) is 11.9. The number of aromatic nitrogens is 2. The summed E-state index contributed by atoms with van der Waals surface area (Å²) in [4.78, 5) is 0. The zero-order valence-electron chi connectivity index (χ0n) is 9.14. The van der Waals surface area contributed by atoms with Gasteiger partial charge < -0.3 is 0 Å². The van der Waals surface area contributed by atoms with E-state index in [1.165, 1.54) is 0 Å². The molecule has 0 unspecified atom stereocenters. The lowest BCUT2D eigenvalue weighted by Crippen LogP contribution is -2.15. The summed E-state index contributed by atoms with van der Waals surface area (Å²) in [7, 11) is -1.49. The highest BCUT2D eigenvalue weighted by molar-refractivity contribution is 7.92. The number of nitrogens with one attached hydrogen (secondary N) is 1. The topological polar surface area (TPSA) is 64.0 Å². The van der Waals surface area contributed by atoms with E-state index >= 15 is 0 Å². The van der Waals surface area contributed by atoms with Crippen LogP contribution < -0.4 is 4.72 Å². The second kappa shape index (κ2) is 3.79. The molecule has 0 aliphatic carbocycles. The first-order valence-electron chi connectivity index (χ1n) is 4.96. The van der Waals surface area contributed by atoms with Crippen LogP contribution in [0.1, 0.15) is 6.92 Å². The predicted octanol–water partition coefficient (Wildman–Crippen LogP) is 1.33. The Morgan fingerprint density at radius 3 is 2.75 bits per heavy atom. The molecule has 0 aliphatic heterocycles. The molecular weight excluding hydrogens is 226 g/mol. The monoisotopic (exact) mass is 239 g/mol. The molecule has 0 saturated carbocycles. The van der Waals surface area contributed by atoms with Gasteiger partial charge in [0.2, 0.25) is 10.0 Å². The third kappa shape index (κ3) is 1.88. The molecule has 2 rings (SSSR count). The Morgan fingerprint density at radius 1 is 1.38 bits per heavy atom. The fourth-order valence-corrected chi connectivity index (χ4v) is 2.10. The Labute approximate surface area is 94.1 Å². The molecule has 0 bridgehead atoms. The van der Waals surface area contributed by atoms with Gasteiger partial charge in [0.25, 0.3) is 0 Å². The fourth-order valence-electron chi connectivity index (χ4n) is 1.51. The van der Waals surface area contributed by atoms with Crippen molar-refractivity contribution in [1.82, 2.24) is 9.78 Å². The van der Waals surface area contributed by atoms with Crippen molar-refractivity contribution in [3.8, 4) is 0 Å². The van der Waals surface area contributed by atoms with Gasteiger partial charge in [-0.3, -0.25) is 9.40 Å².